The van der Waals surface area contributed by atoms with Gasteiger partial charge in [0.05, 0.1) is 6.20 Å². The zero-order valence-electron chi connectivity index (χ0n) is 9.98. The Balaban J connectivity index is 1.82. The van der Waals surface area contributed by atoms with E-state index in [1.807, 2.05) is 0 Å². The highest BCUT2D eigenvalue weighted by molar-refractivity contribution is 5.87. The molecule has 2 N–H and O–H groups in total. The largest absolute Gasteiger partial charge is 0.476 e. The number of H-pyrrole nitrogens is 1. The summed E-state index contributed by atoms with van der Waals surface area (Å²) in [5.74, 6) is -0.372. The average Bonchev–Trinajstić information content (AvgIpc) is 3.10. The van der Waals surface area contributed by atoms with Gasteiger partial charge in [0.2, 0.25) is 11.6 Å². The molecule has 0 fully saturated rings. The number of carbonyl (C=O) groups is 1. The van der Waals surface area contributed by atoms with Crippen LogP contribution in [0.5, 0.6) is 11.6 Å². The fourth-order valence-corrected chi connectivity index (χ4v) is 1.57. The van der Waals surface area contributed by atoms with Gasteiger partial charge in [0, 0.05) is 5.56 Å². The van der Waals surface area contributed by atoms with Crippen molar-refractivity contribution in [3.05, 3.63) is 42.4 Å². The predicted octanol–water partition coefficient (Wildman–Crippen LogP) is 1.95. The van der Waals surface area contributed by atoms with Gasteiger partial charge in [0.15, 0.2) is 0 Å². The number of aromatic nitrogens is 4. The first-order chi connectivity index (χ1) is 9.74. The number of hydrogen-bond acceptors (Lipinski definition) is 6. The van der Waals surface area contributed by atoms with Crippen LogP contribution in [0, 0.1) is 0 Å². The van der Waals surface area contributed by atoms with Gasteiger partial charge in [-0.1, -0.05) is 10.3 Å². The number of benzene rings is 1. The lowest BCUT2D eigenvalue weighted by Gasteiger charge is -2.03. The molecule has 0 aliphatic heterocycles. The van der Waals surface area contributed by atoms with E-state index in [0.29, 0.717) is 11.6 Å². The molecule has 0 amide bonds. The Morgan fingerprint density at radius 2 is 2.10 bits per heavy atom. The average molecular weight is 272 g/mol. The molecular weight excluding hydrogens is 264 g/mol. The number of ether oxygens (including phenoxy) is 1. The standard InChI is InChI=1S/C12H8N4O4/c17-12(18)9-11(15-16-14-9)20-8-3-1-7(2-4-8)10-13-5-6-19-10/h1-6H,(H,17,18)(H,14,15,16). The third-order valence-corrected chi connectivity index (χ3v) is 2.48. The van der Waals surface area contributed by atoms with E-state index in [4.69, 9.17) is 14.3 Å². The monoisotopic (exact) mass is 272 g/mol. The van der Waals surface area contributed by atoms with Crippen molar-refractivity contribution in [1.82, 2.24) is 20.4 Å². The summed E-state index contributed by atoms with van der Waals surface area (Å²) in [6, 6.07) is 6.78. The zero-order chi connectivity index (χ0) is 13.9. The molecule has 0 aliphatic rings. The Labute approximate surface area is 112 Å². The van der Waals surface area contributed by atoms with Gasteiger partial charge < -0.3 is 14.3 Å². The minimum Gasteiger partial charge on any atom is -0.476 e. The number of aromatic amines is 1. The van der Waals surface area contributed by atoms with E-state index >= 15 is 0 Å². The van der Waals surface area contributed by atoms with E-state index in [-0.39, 0.29) is 11.6 Å². The lowest BCUT2D eigenvalue weighted by atomic mass is 10.2. The van der Waals surface area contributed by atoms with Gasteiger partial charge in [-0.25, -0.2) is 14.9 Å². The molecule has 0 spiro atoms. The second-order valence-corrected chi connectivity index (χ2v) is 3.76. The third-order valence-electron chi connectivity index (χ3n) is 2.48. The van der Waals surface area contributed by atoms with Crippen LogP contribution in [-0.4, -0.2) is 31.5 Å². The summed E-state index contributed by atoms with van der Waals surface area (Å²) >= 11 is 0. The maximum atomic E-state index is 10.9. The van der Waals surface area contributed by atoms with Gasteiger partial charge in [-0.3, -0.25) is 0 Å². The Bertz CT molecular complexity index is 718. The number of nitrogens with zero attached hydrogens (tertiary/aromatic N) is 3. The molecule has 3 rings (SSSR count). The topological polar surface area (TPSA) is 114 Å². The molecule has 0 radical (unpaired) electrons. The van der Waals surface area contributed by atoms with Crippen LogP contribution in [0.25, 0.3) is 11.5 Å². The Morgan fingerprint density at radius 1 is 1.30 bits per heavy atom. The zero-order valence-corrected chi connectivity index (χ0v) is 9.98. The number of carboxylic acid groups (broad SMARTS) is 1. The van der Waals surface area contributed by atoms with Crippen LogP contribution < -0.4 is 4.74 Å². The van der Waals surface area contributed by atoms with Crippen molar-refractivity contribution in [2.75, 3.05) is 0 Å². The van der Waals surface area contributed by atoms with Crippen molar-refractivity contribution in [3.8, 4) is 23.1 Å². The number of nitrogens with one attached hydrogen (secondary N) is 1. The number of oxazole rings is 1. The Morgan fingerprint density at radius 3 is 2.75 bits per heavy atom. The second kappa shape index (κ2) is 4.84. The quantitative estimate of drug-likeness (QED) is 0.745. The van der Waals surface area contributed by atoms with Crippen molar-refractivity contribution in [2.24, 2.45) is 0 Å². The molecule has 0 saturated heterocycles. The molecule has 2 aromatic heterocycles. The van der Waals surface area contributed by atoms with E-state index in [1.165, 1.54) is 6.26 Å². The molecule has 100 valence electrons. The molecule has 0 aliphatic carbocycles. The van der Waals surface area contributed by atoms with Gasteiger partial charge in [-0.2, -0.15) is 0 Å². The number of hydrogen-bond donors (Lipinski definition) is 2. The van der Waals surface area contributed by atoms with Crippen molar-refractivity contribution >= 4 is 5.97 Å². The summed E-state index contributed by atoms with van der Waals surface area (Å²) in [6.07, 6.45) is 3.03. The number of rotatable bonds is 4. The van der Waals surface area contributed by atoms with Crippen molar-refractivity contribution in [3.63, 3.8) is 0 Å². The molecule has 1 aromatic carbocycles. The molecule has 8 nitrogen and oxygen atoms in total. The summed E-state index contributed by atoms with van der Waals surface area (Å²) in [5, 5.41) is 18.1. The summed E-state index contributed by atoms with van der Waals surface area (Å²) in [7, 11) is 0. The van der Waals surface area contributed by atoms with Crippen LogP contribution in [0.2, 0.25) is 0 Å². The van der Waals surface area contributed by atoms with Crippen LogP contribution in [0.1, 0.15) is 10.5 Å². The SMILES string of the molecule is O=C(O)c1[nH]nnc1Oc1ccc(-c2ncco2)cc1. The molecule has 3 aromatic rings. The maximum Gasteiger partial charge on any atom is 0.359 e. The molecule has 0 bridgehead atoms. The van der Waals surface area contributed by atoms with Crippen LogP contribution >= 0.6 is 0 Å². The lowest BCUT2D eigenvalue weighted by Crippen LogP contribution is -1.99. The first kappa shape index (κ1) is 11.9. The summed E-state index contributed by atoms with van der Waals surface area (Å²) in [4.78, 5) is 14.9. The molecule has 8 heteroatoms. The molecule has 2 heterocycles. The molecule has 20 heavy (non-hydrogen) atoms. The number of aromatic carboxylic acids is 1. The normalized spacial score (nSPS) is 10.4. The fourth-order valence-electron chi connectivity index (χ4n) is 1.57. The minimum absolute atomic E-state index is 0.0960. The van der Waals surface area contributed by atoms with Gasteiger partial charge in [0.25, 0.3) is 5.88 Å². The molecule has 0 unspecified atom stereocenters. The highest BCUT2D eigenvalue weighted by Gasteiger charge is 2.16. The first-order valence-electron chi connectivity index (χ1n) is 5.56. The van der Waals surface area contributed by atoms with Gasteiger partial charge in [-0.15, -0.1) is 0 Å². The Kier molecular flexibility index (Phi) is 2.88. The Hall–Kier alpha value is -3.16. The lowest BCUT2D eigenvalue weighted by molar-refractivity contribution is 0.0687. The second-order valence-electron chi connectivity index (χ2n) is 3.76. The van der Waals surface area contributed by atoms with E-state index in [9.17, 15) is 4.79 Å². The first-order valence-corrected chi connectivity index (χ1v) is 5.56. The van der Waals surface area contributed by atoms with E-state index in [1.54, 1.807) is 30.5 Å². The summed E-state index contributed by atoms with van der Waals surface area (Å²) in [5.41, 5.74) is 0.572. The van der Waals surface area contributed by atoms with Crippen LogP contribution in [0.3, 0.4) is 0 Å². The smallest absolute Gasteiger partial charge is 0.359 e. The van der Waals surface area contributed by atoms with Gasteiger partial charge >= 0.3 is 5.97 Å². The van der Waals surface area contributed by atoms with Crippen molar-refractivity contribution in [2.45, 2.75) is 0 Å². The van der Waals surface area contributed by atoms with Gasteiger partial charge in [0.1, 0.15) is 12.0 Å². The van der Waals surface area contributed by atoms with E-state index in [0.717, 1.165) is 5.56 Å². The fraction of sp³-hybridized carbons (Fsp3) is 0. The summed E-state index contributed by atoms with van der Waals surface area (Å²) in [6.45, 7) is 0. The van der Waals surface area contributed by atoms with E-state index < -0.39 is 5.97 Å². The highest BCUT2D eigenvalue weighted by atomic mass is 16.5. The maximum absolute atomic E-state index is 10.9. The van der Waals surface area contributed by atoms with E-state index in [2.05, 4.69) is 20.4 Å². The highest BCUT2D eigenvalue weighted by Crippen LogP contribution is 2.25. The summed E-state index contributed by atoms with van der Waals surface area (Å²) < 4.78 is 10.5. The molecule has 0 atom stereocenters. The third kappa shape index (κ3) is 2.21. The molecular formula is C12H8N4O4. The molecule has 0 saturated carbocycles. The number of carboxylic acids is 1. The predicted molar refractivity (Wildman–Crippen MR) is 65.4 cm³/mol. The van der Waals surface area contributed by atoms with Crippen molar-refractivity contribution in [1.29, 1.82) is 0 Å². The van der Waals surface area contributed by atoms with Crippen LogP contribution in [0.15, 0.2) is 41.1 Å². The minimum atomic E-state index is -1.19. The van der Waals surface area contributed by atoms with Gasteiger partial charge in [-0.05, 0) is 24.3 Å². The van der Waals surface area contributed by atoms with Crippen LogP contribution in [-0.2, 0) is 0 Å². The van der Waals surface area contributed by atoms with Crippen LogP contribution in [0.4, 0.5) is 0 Å². The van der Waals surface area contributed by atoms with Crippen molar-refractivity contribution < 1.29 is 19.1 Å².